The topological polar surface area (TPSA) is 51.2 Å². The molecule has 1 N–H and O–H groups in total. The number of nitrogens with zero attached hydrogens (tertiary/aromatic N) is 1. The van der Waals surface area contributed by atoms with Crippen molar-refractivity contribution in [1.82, 2.24) is 4.98 Å². The largest absolute Gasteiger partial charge is 0.375 e. The van der Waals surface area contributed by atoms with E-state index in [9.17, 15) is 4.79 Å². The molecule has 22 heavy (non-hydrogen) atoms. The van der Waals surface area contributed by atoms with E-state index in [1.807, 2.05) is 42.5 Å². The Labute approximate surface area is 132 Å². The summed E-state index contributed by atoms with van der Waals surface area (Å²) in [5.74, 6) is -0.151. The van der Waals surface area contributed by atoms with Crippen LogP contribution in [0.1, 0.15) is 10.6 Å². The number of ether oxygens (including phenoxy) is 1. The summed E-state index contributed by atoms with van der Waals surface area (Å²) in [7, 11) is 1.50. The summed E-state index contributed by atoms with van der Waals surface area (Å²) in [6.45, 7) is 0.0630. The summed E-state index contributed by atoms with van der Waals surface area (Å²) in [5.41, 5.74) is 2.99. The summed E-state index contributed by atoms with van der Waals surface area (Å²) in [6.07, 6.45) is 0.797. The number of rotatable bonds is 5. The second kappa shape index (κ2) is 6.68. The van der Waals surface area contributed by atoms with E-state index >= 15 is 0 Å². The number of carbonyl (C=O) groups is 1. The number of aromatic nitrogens is 1. The van der Waals surface area contributed by atoms with Crippen molar-refractivity contribution in [2.24, 2.45) is 0 Å². The minimum atomic E-state index is -0.151. The quantitative estimate of drug-likeness (QED) is 0.785. The minimum absolute atomic E-state index is 0.0630. The maximum Gasteiger partial charge on any atom is 0.250 e. The number of anilines is 1. The molecule has 0 bridgehead atoms. The van der Waals surface area contributed by atoms with Crippen LogP contribution in [0.15, 0.2) is 48.5 Å². The SMILES string of the molecule is COCC(=O)Nc1ccc(Cc2nc3ccccc3s2)cc1. The van der Waals surface area contributed by atoms with Crippen molar-refractivity contribution in [1.29, 1.82) is 0 Å². The third kappa shape index (κ3) is 3.50. The van der Waals surface area contributed by atoms with Crippen molar-refractivity contribution < 1.29 is 9.53 Å². The number of hydrogen-bond acceptors (Lipinski definition) is 4. The second-order valence-corrected chi connectivity index (χ2v) is 6.05. The number of methoxy groups -OCH3 is 1. The summed E-state index contributed by atoms with van der Waals surface area (Å²) >= 11 is 1.72. The van der Waals surface area contributed by atoms with Crippen LogP contribution in [-0.4, -0.2) is 24.6 Å². The van der Waals surface area contributed by atoms with E-state index in [4.69, 9.17) is 4.74 Å². The van der Waals surface area contributed by atoms with Gasteiger partial charge in [-0.3, -0.25) is 4.79 Å². The van der Waals surface area contributed by atoms with E-state index in [1.54, 1.807) is 11.3 Å². The van der Waals surface area contributed by atoms with Gasteiger partial charge in [0.05, 0.1) is 15.2 Å². The first kappa shape index (κ1) is 14.7. The number of nitrogens with one attached hydrogen (secondary N) is 1. The van der Waals surface area contributed by atoms with Gasteiger partial charge in [-0.05, 0) is 29.8 Å². The van der Waals surface area contributed by atoms with E-state index < -0.39 is 0 Å². The Morgan fingerprint density at radius 2 is 1.95 bits per heavy atom. The lowest BCUT2D eigenvalue weighted by atomic mass is 10.1. The molecule has 0 aliphatic rings. The highest BCUT2D eigenvalue weighted by Gasteiger charge is 2.05. The summed E-state index contributed by atoms with van der Waals surface area (Å²) in [5, 5.41) is 3.87. The van der Waals surface area contributed by atoms with Crippen LogP contribution in [0.5, 0.6) is 0 Å². The Bertz CT molecular complexity index is 748. The molecular formula is C17H16N2O2S. The molecule has 112 valence electrons. The fourth-order valence-corrected chi connectivity index (χ4v) is 3.21. The molecule has 0 saturated heterocycles. The van der Waals surface area contributed by atoms with Gasteiger partial charge in [0.25, 0.3) is 0 Å². The first-order chi connectivity index (χ1) is 10.7. The molecule has 3 rings (SSSR count). The third-order valence-electron chi connectivity index (χ3n) is 3.21. The minimum Gasteiger partial charge on any atom is -0.375 e. The molecule has 0 unspecified atom stereocenters. The molecule has 1 aromatic heterocycles. The van der Waals surface area contributed by atoms with Gasteiger partial charge in [-0.15, -0.1) is 11.3 Å². The van der Waals surface area contributed by atoms with Gasteiger partial charge in [-0.1, -0.05) is 24.3 Å². The summed E-state index contributed by atoms with van der Waals surface area (Å²) < 4.78 is 6.00. The Hall–Kier alpha value is -2.24. The Balaban J connectivity index is 1.69. The molecule has 3 aromatic rings. The first-order valence-corrected chi connectivity index (χ1v) is 7.78. The van der Waals surface area contributed by atoms with Crippen LogP contribution in [0.3, 0.4) is 0 Å². The standard InChI is InChI=1S/C17H16N2O2S/c1-21-11-16(20)18-13-8-6-12(7-9-13)10-17-19-14-4-2-3-5-15(14)22-17/h2-9H,10-11H2,1H3,(H,18,20). The highest BCUT2D eigenvalue weighted by atomic mass is 32.1. The van der Waals surface area contributed by atoms with Crippen molar-refractivity contribution in [3.8, 4) is 0 Å². The molecule has 5 heteroatoms. The lowest BCUT2D eigenvalue weighted by Gasteiger charge is -2.05. The molecule has 4 nitrogen and oxygen atoms in total. The molecule has 0 atom stereocenters. The predicted octanol–water partition coefficient (Wildman–Crippen LogP) is 3.47. The normalized spacial score (nSPS) is 10.8. The number of fused-ring (bicyclic) bond motifs is 1. The van der Waals surface area contributed by atoms with E-state index in [-0.39, 0.29) is 12.5 Å². The molecule has 0 aliphatic heterocycles. The molecule has 0 aliphatic carbocycles. The fourth-order valence-electron chi connectivity index (χ4n) is 2.20. The number of para-hydroxylation sites is 1. The highest BCUT2D eigenvalue weighted by molar-refractivity contribution is 7.18. The van der Waals surface area contributed by atoms with Gasteiger partial charge in [-0.25, -0.2) is 4.98 Å². The van der Waals surface area contributed by atoms with Crippen molar-refractivity contribution in [3.05, 3.63) is 59.1 Å². The van der Waals surface area contributed by atoms with E-state index in [1.165, 1.54) is 17.4 Å². The maximum atomic E-state index is 11.4. The van der Waals surface area contributed by atoms with Gasteiger partial charge in [0.1, 0.15) is 6.61 Å². The average molecular weight is 312 g/mol. The number of thiazole rings is 1. The Kier molecular flexibility index (Phi) is 4.46. The van der Waals surface area contributed by atoms with Crippen LogP contribution in [0, 0.1) is 0 Å². The van der Waals surface area contributed by atoms with Crippen LogP contribution in [0.2, 0.25) is 0 Å². The smallest absolute Gasteiger partial charge is 0.250 e. The molecular weight excluding hydrogens is 296 g/mol. The zero-order valence-electron chi connectivity index (χ0n) is 12.2. The number of amides is 1. The molecule has 0 radical (unpaired) electrons. The predicted molar refractivity (Wildman–Crippen MR) is 89.4 cm³/mol. The van der Waals surface area contributed by atoms with Gasteiger partial charge in [0.15, 0.2) is 0 Å². The van der Waals surface area contributed by atoms with Crippen LogP contribution < -0.4 is 5.32 Å². The van der Waals surface area contributed by atoms with Crippen molar-refractivity contribution >= 4 is 33.1 Å². The number of benzene rings is 2. The zero-order chi connectivity index (χ0) is 15.4. The van der Waals surface area contributed by atoms with Gasteiger partial charge < -0.3 is 10.1 Å². The summed E-state index contributed by atoms with van der Waals surface area (Å²) in [6, 6.07) is 16.0. The lowest BCUT2D eigenvalue weighted by molar-refractivity contribution is -0.119. The van der Waals surface area contributed by atoms with Crippen molar-refractivity contribution in [2.75, 3.05) is 19.0 Å². The van der Waals surface area contributed by atoms with E-state index in [0.717, 1.165) is 22.6 Å². The van der Waals surface area contributed by atoms with Gasteiger partial charge in [0.2, 0.25) is 5.91 Å². The zero-order valence-corrected chi connectivity index (χ0v) is 13.0. The first-order valence-electron chi connectivity index (χ1n) is 6.97. The summed E-state index contributed by atoms with van der Waals surface area (Å²) in [4.78, 5) is 16.1. The Morgan fingerprint density at radius 1 is 1.18 bits per heavy atom. The molecule has 1 amide bonds. The molecule has 0 spiro atoms. The molecule has 0 saturated carbocycles. The van der Waals surface area contributed by atoms with Crippen LogP contribution in [-0.2, 0) is 16.0 Å². The molecule has 1 heterocycles. The van der Waals surface area contributed by atoms with Gasteiger partial charge in [-0.2, -0.15) is 0 Å². The fraction of sp³-hybridized carbons (Fsp3) is 0.176. The monoisotopic (exact) mass is 312 g/mol. The highest BCUT2D eigenvalue weighted by Crippen LogP contribution is 2.24. The van der Waals surface area contributed by atoms with Crippen LogP contribution in [0.25, 0.3) is 10.2 Å². The third-order valence-corrected chi connectivity index (χ3v) is 4.24. The number of carbonyl (C=O) groups excluding carboxylic acids is 1. The maximum absolute atomic E-state index is 11.4. The second-order valence-electron chi connectivity index (χ2n) is 4.93. The van der Waals surface area contributed by atoms with E-state index in [2.05, 4.69) is 16.4 Å². The Morgan fingerprint density at radius 3 is 2.68 bits per heavy atom. The van der Waals surface area contributed by atoms with Crippen LogP contribution >= 0.6 is 11.3 Å². The number of hydrogen-bond donors (Lipinski definition) is 1. The lowest BCUT2D eigenvalue weighted by Crippen LogP contribution is -2.16. The van der Waals surface area contributed by atoms with Gasteiger partial charge >= 0.3 is 0 Å². The van der Waals surface area contributed by atoms with Crippen molar-refractivity contribution in [2.45, 2.75) is 6.42 Å². The molecule has 0 fully saturated rings. The molecule has 2 aromatic carbocycles. The van der Waals surface area contributed by atoms with Crippen molar-refractivity contribution in [3.63, 3.8) is 0 Å². The van der Waals surface area contributed by atoms with Gasteiger partial charge in [0, 0.05) is 19.2 Å². The van der Waals surface area contributed by atoms with E-state index in [0.29, 0.717) is 0 Å². The average Bonchev–Trinajstić information content (AvgIpc) is 2.91. The van der Waals surface area contributed by atoms with Crippen LogP contribution in [0.4, 0.5) is 5.69 Å².